The fourth-order valence-corrected chi connectivity index (χ4v) is 14.0. The van der Waals surface area contributed by atoms with E-state index >= 15 is 0 Å². The van der Waals surface area contributed by atoms with Crippen LogP contribution in [0.1, 0.15) is 102 Å². The van der Waals surface area contributed by atoms with Crippen LogP contribution in [0.15, 0.2) is 109 Å². The number of piperidine rings is 2. The largest absolute Gasteiger partial charge is 0.477 e. The van der Waals surface area contributed by atoms with Gasteiger partial charge in [-0.3, -0.25) is 4.79 Å². The minimum absolute atomic E-state index is 0.190. The molecule has 5 aromatic carbocycles. The third-order valence-electron chi connectivity index (χ3n) is 17.3. The summed E-state index contributed by atoms with van der Waals surface area (Å²) in [7, 11) is 4.40. The minimum atomic E-state index is -0.451. The molecule has 1 saturated carbocycles. The molecule has 2 saturated heterocycles. The molecular weight excluding hydrogens is 869 g/mol. The van der Waals surface area contributed by atoms with Crippen molar-refractivity contribution in [3.8, 4) is 23.0 Å². The van der Waals surface area contributed by atoms with Gasteiger partial charge >= 0.3 is 17.9 Å². The molecule has 8 atom stereocenters. The van der Waals surface area contributed by atoms with Gasteiger partial charge in [-0.1, -0.05) is 66.7 Å². The first-order valence-electron chi connectivity index (χ1n) is 24.5. The van der Waals surface area contributed by atoms with Crippen molar-refractivity contribution in [3.05, 3.63) is 165 Å². The molecule has 3 fully saturated rings. The number of carbonyl (C=O) groups is 4. The van der Waals surface area contributed by atoms with Crippen LogP contribution in [-0.4, -0.2) is 85.0 Å². The zero-order valence-corrected chi connectivity index (χ0v) is 39.7. The number of benzene rings is 5. The van der Waals surface area contributed by atoms with E-state index in [0.29, 0.717) is 75.8 Å². The number of carbonyl (C=O) groups excluding carboxylic acids is 4. The van der Waals surface area contributed by atoms with Gasteiger partial charge in [0.25, 0.3) is 0 Å². The molecule has 69 heavy (non-hydrogen) atoms. The molecule has 11 nitrogen and oxygen atoms in total. The van der Waals surface area contributed by atoms with Crippen LogP contribution >= 0.6 is 0 Å². The zero-order valence-electron chi connectivity index (χ0n) is 39.7. The Hall–Kier alpha value is -6.56. The van der Waals surface area contributed by atoms with E-state index in [1.807, 2.05) is 93.6 Å². The summed E-state index contributed by atoms with van der Waals surface area (Å²) in [5, 5.41) is 0. The fraction of sp³-hybridized carbons (Fsp3) is 0.379. The topological polar surface area (TPSA) is 121 Å². The number of allylic oxidation sites excluding steroid dienone is 1. The number of ketones is 1. The summed E-state index contributed by atoms with van der Waals surface area (Å²) >= 11 is 0. The summed E-state index contributed by atoms with van der Waals surface area (Å²) in [4.78, 5) is 57.2. The van der Waals surface area contributed by atoms with Crippen molar-refractivity contribution < 1.29 is 42.9 Å². The predicted octanol–water partition coefficient (Wildman–Crippen LogP) is 8.99. The van der Waals surface area contributed by atoms with Crippen molar-refractivity contribution in [3.63, 3.8) is 0 Å². The number of nitrogens with zero attached hydrogens (tertiary/aromatic N) is 2. The Labute approximate surface area is 402 Å². The first kappa shape index (κ1) is 43.7. The van der Waals surface area contributed by atoms with Gasteiger partial charge in [-0.25, -0.2) is 14.4 Å². The molecule has 4 aliphatic heterocycles. The smallest absolute Gasteiger partial charge is 0.343 e. The summed E-state index contributed by atoms with van der Waals surface area (Å²) in [6.45, 7) is 7.59. The van der Waals surface area contributed by atoms with Crippen molar-refractivity contribution in [2.45, 2.75) is 101 Å². The van der Waals surface area contributed by atoms with E-state index in [2.05, 4.69) is 36.0 Å². The molecule has 5 aromatic rings. The molecule has 0 aromatic heterocycles. The lowest BCUT2D eigenvalue weighted by atomic mass is 9.52. The maximum Gasteiger partial charge on any atom is 0.343 e. The maximum absolute atomic E-state index is 13.3. The van der Waals surface area contributed by atoms with Gasteiger partial charge in [-0.15, -0.1) is 0 Å². The summed E-state index contributed by atoms with van der Waals surface area (Å²) < 4.78 is 31.1. The average molecular weight is 925 g/mol. The number of hydrogen-bond acceptors (Lipinski definition) is 11. The highest BCUT2D eigenvalue weighted by Crippen LogP contribution is 2.65. The van der Waals surface area contributed by atoms with Crippen LogP contribution in [-0.2, 0) is 33.2 Å². The van der Waals surface area contributed by atoms with Crippen LogP contribution in [0, 0.1) is 32.6 Å². The number of aryl methyl sites for hydroxylation is 3. The van der Waals surface area contributed by atoms with Crippen LogP contribution in [0.3, 0.4) is 0 Å². The first-order chi connectivity index (χ1) is 33.4. The summed E-state index contributed by atoms with van der Waals surface area (Å²) in [6.07, 6.45) is 7.11. The highest BCUT2D eigenvalue weighted by Gasteiger charge is 2.67. The van der Waals surface area contributed by atoms with Crippen LogP contribution < -0.4 is 18.9 Å². The molecule has 0 unspecified atom stereocenters. The van der Waals surface area contributed by atoms with Gasteiger partial charge in [0.15, 0.2) is 41.0 Å². The highest BCUT2D eigenvalue weighted by molar-refractivity contribution is 5.95. The maximum atomic E-state index is 13.3. The van der Waals surface area contributed by atoms with Crippen LogP contribution in [0.4, 0.5) is 0 Å². The number of likely N-dealkylation sites (tertiary alicyclic amines) is 2. The first-order valence-corrected chi connectivity index (χ1v) is 24.5. The molecule has 11 heteroatoms. The second kappa shape index (κ2) is 16.3. The quantitative estimate of drug-likeness (QED) is 0.120. The lowest BCUT2D eigenvalue weighted by Crippen LogP contribution is -2.65. The van der Waals surface area contributed by atoms with E-state index < -0.39 is 18.2 Å². The number of likely N-dealkylation sites (N-methyl/N-ethyl adjacent to an activating group) is 2. The Morgan fingerprint density at radius 2 is 1.03 bits per heavy atom. The van der Waals surface area contributed by atoms with Gasteiger partial charge in [-0.05, 0) is 163 Å². The molecule has 8 aliphatic rings. The molecule has 4 heterocycles. The van der Waals surface area contributed by atoms with Crippen LogP contribution in [0.5, 0.6) is 23.0 Å². The van der Waals surface area contributed by atoms with Crippen molar-refractivity contribution in [2.75, 3.05) is 27.2 Å². The van der Waals surface area contributed by atoms with E-state index in [1.165, 1.54) is 11.1 Å². The zero-order chi connectivity index (χ0) is 47.5. The monoisotopic (exact) mass is 924 g/mol. The van der Waals surface area contributed by atoms with Gasteiger partial charge in [-0.2, -0.15) is 0 Å². The predicted molar refractivity (Wildman–Crippen MR) is 257 cm³/mol. The van der Waals surface area contributed by atoms with Gasteiger partial charge in [0.1, 0.15) is 5.76 Å². The second-order valence-electron chi connectivity index (χ2n) is 20.6. The third kappa shape index (κ3) is 6.52. The Kier molecular flexibility index (Phi) is 10.3. The number of esters is 3. The molecule has 13 rings (SSSR count). The summed E-state index contributed by atoms with van der Waals surface area (Å²) in [6, 6.07) is 31.0. The third-order valence-corrected chi connectivity index (χ3v) is 17.3. The van der Waals surface area contributed by atoms with E-state index in [0.717, 1.165) is 79.4 Å². The fourth-order valence-electron chi connectivity index (χ4n) is 14.0. The van der Waals surface area contributed by atoms with Crippen molar-refractivity contribution >= 4 is 23.7 Å². The van der Waals surface area contributed by atoms with Crippen LogP contribution in [0.25, 0.3) is 0 Å². The molecule has 2 spiro atoms. The lowest BCUT2D eigenvalue weighted by Gasteiger charge is -2.57. The Morgan fingerprint density at radius 3 is 1.54 bits per heavy atom. The van der Waals surface area contributed by atoms with E-state index in [-0.39, 0.29) is 28.6 Å². The number of hydrogen-bond donors (Lipinski definition) is 0. The Morgan fingerprint density at radius 1 is 0.580 bits per heavy atom. The Bertz CT molecular complexity index is 3050. The van der Waals surface area contributed by atoms with Gasteiger partial charge in [0.2, 0.25) is 0 Å². The van der Waals surface area contributed by atoms with Gasteiger partial charge in [0.05, 0.1) is 16.7 Å². The minimum Gasteiger partial charge on any atom is -0.477 e. The average Bonchev–Trinajstić information content (AvgIpc) is 3.89. The molecule has 0 amide bonds. The highest BCUT2D eigenvalue weighted by atomic mass is 16.6. The summed E-state index contributed by atoms with van der Waals surface area (Å²) in [5.41, 5.74) is 8.37. The molecule has 0 radical (unpaired) electrons. The molecule has 0 N–H and O–H groups in total. The van der Waals surface area contributed by atoms with E-state index in [9.17, 15) is 19.2 Å². The second-order valence-corrected chi connectivity index (χ2v) is 20.6. The van der Waals surface area contributed by atoms with E-state index in [4.69, 9.17) is 23.7 Å². The normalized spacial score (nSPS) is 28.4. The SMILES string of the molecule is Cc1ccccc1C(=O)OC1=CC[C@H]2[C@H]3Cc4ccc(OC(=O)c5ccccc5C)c5c4[C@@]2(CCN3C)[C@H]1O5.Cc1ccccc1C(=O)Oc1ccc2c3c1O[C@H]1C(=O)CC[C@H]4[C@@H](C2)N(C)CC[C@]314. The van der Waals surface area contributed by atoms with Crippen molar-refractivity contribution in [1.29, 1.82) is 0 Å². The lowest BCUT2D eigenvalue weighted by molar-refractivity contribution is -0.138. The van der Waals surface area contributed by atoms with Gasteiger partial charge in [0, 0.05) is 40.5 Å². The molecule has 4 bridgehead atoms. The molecule has 4 aliphatic carbocycles. The van der Waals surface area contributed by atoms with Crippen molar-refractivity contribution in [1.82, 2.24) is 9.80 Å². The molecule has 352 valence electrons. The summed E-state index contributed by atoms with van der Waals surface area (Å²) in [5.74, 6) is 2.42. The van der Waals surface area contributed by atoms with Gasteiger partial charge < -0.3 is 33.5 Å². The standard InChI is InChI=1S/C33H31NO5.C25H25NO4/c1-19-8-4-6-10-22(19)31(35)37-26-14-12-21-18-25-24-13-15-27(38-32(36)23-11-7-5-9-20(23)2)30-33(24,16-17-34(25)3)28(21)29(26)39-30;1-14-5-3-4-6-16(14)24(28)29-20-10-7-15-13-18-17-8-9-19(27)23-25(17,11-12-26(18)2)21(15)22(20)30-23/h4-12,14-15,24-25,30H,13,16-18H2,1-3H3;3-7,10,17-18,23H,8-9,11-13H2,1-2H3/t24-,25+,30-,33-;17-,18+,23-,25-/m00/s1. The Balaban J connectivity index is 0.000000148. The van der Waals surface area contributed by atoms with Crippen LogP contribution in [0.2, 0.25) is 0 Å². The number of ether oxygens (including phenoxy) is 5. The van der Waals surface area contributed by atoms with Crippen molar-refractivity contribution in [2.24, 2.45) is 11.8 Å². The van der Waals surface area contributed by atoms with E-state index in [1.54, 1.807) is 18.2 Å². The number of Topliss-reactive ketones (excluding diaryl/α,β-unsaturated/α-hetero) is 1. The number of rotatable bonds is 6. The molecular formula is C58H56N2O9.